The van der Waals surface area contributed by atoms with Gasteiger partial charge in [0.2, 0.25) is 0 Å². The summed E-state index contributed by atoms with van der Waals surface area (Å²) >= 11 is 0. The van der Waals surface area contributed by atoms with Crippen molar-refractivity contribution in [2.45, 2.75) is 33.1 Å². The molecule has 2 heteroatoms. The Kier molecular flexibility index (Phi) is 2.90. The molecule has 2 atom stereocenters. The molecular weight excluding hydrogens is 150 g/mol. The Morgan fingerprint density at radius 3 is 2.75 bits per heavy atom. The topological polar surface area (TPSA) is 32.6 Å². The smallest absolute Gasteiger partial charge is 0.0604 e. The quantitative estimate of drug-likeness (QED) is 0.363. The first-order chi connectivity index (χ1) is 5.65. The maximum atomic E-state index is 8.72. The molecule has 0 bridgehead atoms. The second-order valence-electron chi connectivity index (χ2n) is 3.82. The second-order valence-corrected chi connectivity index (χ2v) is 3.82. The zero-order valence-corrected chi connectivity index (χ0v) is 7.88. The first-order valence-corrected chi connectivity index (χ1v) is 4.51. The summed E-state index contributed by atoms with van der Waals surface area (Å²) in [6.45, 7) is 8.10. The highest BCUT2D eigenvalue weighted by Crippen LogP contribution is 2.30. The molecule has 1 aliphatic carbocycles. The van der Waals surface area contributed by atoms with Crippen molar-refractivity contribution in [3.8, 4) is 0 Å². The van der Waals surface area contributed by atoms with E-state index in [4.69, 9.17) is 5.21 Å². The van der Waals surface area contributed by atoms with Crippen molar-refractivity contribution in [2.75, 3.05) is 0 Å². The maximum absolute atomic E-state index is 8.72. The lowest BCUT2D eigenvalue weighted by Gasteiger charge is -2.27. The summed E-state index contributed by atoms with van der Waals surface area (Å²) < 4.78 is 0. The van der Waals surface area contributed by atoms with E-state index in [1.54, 1.807) is 0 Å². The van der Waals surface area contributed by atoms with Crippen molar-refractivity contribution in [3.05, 3.63) is 12.2 Å². The fourth-order valence-electron chi connectivity index (χ4n) is 1.73. The zero-order chi connectivity index (χ0) is 9.14. The molecule has 0 saturated heterocycles. The van der Waals surface area contributed by atoms with Gasteiger partial charge in [-0.25, -0.2) is 0 Å². The van der Waals surface area contributed by atoms with Crippen LogP contribution in [-0.4, -0.2) is 10.9 Å². The molecule has 0 aromatic carbocycles. The Labute approximate surface area is 74.0 Å². The van der Waals surface area contributed by atoms with Crippen molar-refractivity contribution >= 4 is 5.71 Å². The Morgan fingerprint density at radius 2 is 2.25 bits per heavy atom. The van der Waals surface area contributed by atoms with Gasteiger partial charge in [-0.1, -0.05) is 24.2 Å². The molecule has 2 nitrogen and oxygen atoms in total. The molecule has 68 valence electrons. The molecule has 1 fully saturated rings. The summed E-state index contributed by atoms with van der Waals surface area (Å²) in [6.07, 6.45) is 3.21. The zero-order valence-electron chi connectivity index (χ0n) is 7.88. The minimum absolute atomic E-state index is 0.450. The standard InChI is InChI=1S/C10H17NO/c1-7(2)9-5-4-8(3)10(6-9)11-12/h8-9,12H,1,4-6H2,2-3H3/b11-10+/t8-,9-/m1/s1. The van der Waals surface area contributed by atoms with Crippen molar-refractivity contribution in [2.24, 2.45) is 17.0 Å². The first kappa shape index (κ1) is 9.30. The summed E-state index contributed by atoms with van der Waals surface area (Å²) in [5.41, 5.74) is 2.15. The van der Waals surface area contributed by atoms with Crippen LogP contribution in [-0.2, 0) is 0 Å². The summed E-state index contributed by atoms with van der Waals surface area (Å²) in [5.74, 6) is 0.984. The summed E-state index contributed by atoms with van der Waals surface area (Å²) in [7, 11) is 0. The lowest BCUT2D eigenvalue weighted by Crippen LogP contribution is -2.23. The third kappa shape index (κ3) is 1.87. The minimum atomic E-state index is 0.450. The van der Waals surface area contributed by atoms with Gasteiger partial charge in [-0.15, -0.1) is 0 Å². The van der Waals surface area contributed by atoms with E-state index in [1.165, 1.54) is 12.0 Å². The van der Waals surface area contributed by atoms with E-state index >= 15 is 0 Å². The summed E-state index contributed by atoms with van der Waals surface area (Å²) in [4.78, 5) is 0. The highest BCUT2D eigenvalue weighted by molar-refractivity contribution is 5.87. The maximum Gasteiger partial charge on any atom is 0.0604 e. The third-order valence-corrected chi connectivity index (χ3v) is 2.80. The molecule has 1 saturated carbocycles. The van der Waals surface area contributed by atoms with E-state index in [1.807, 2.05) is 0 Å². The predicted molar refractivity (Wildman–Crippen MR) is 50.5 cm³/mol. The molecule has 12 heavy (non-hydrogen) atoms. The fraction of sp³-hybridized carbons (Fsp3) is 0.700. The van der Waals surface area contributed by atoms with Gasteiger partial charge in [0.15, 0.2) is 0 Å². The second kappa shape index (κ2) is 3.74. The molecule has 1 aliphatic rings. The Morgan fingerprint density at radius 1 is 1.58 bits per heavy atom. The van der Waals surface area contributed by atoms with Crippen LogP contribution in [0.1, 0.15) is 33.1 Å². The number of hydrogen-bond acceptors (Lipinski definition) is 2. The molecule has 0 unspecified atom stereocenters. The third-order valence-electron chi connectivity index (χ3n) is 2.80. The minimum Gasteiger partial charge on any atom is -0.411 e. The van der Waals surface area contributed by atoms with Crippen molar-refractivity contribution in [1.29, 1.82) is 0 Å². The number of rotatable bonds is 1. The van der Waals surface area contributed by atoms with Gasteiger partial charge in [-0.2, -0.15) is 0 Å². The van der Waals surface area contributed by atoms with Crippen LogP contribution in [0.25, 0.3) is 0 Å². The molecule has 0 aromatic rings. The lowest BCUT2D eigenvalue weighted by molar-refractivity contribution is 0.306. The number of allylic oxidation sites excluding steroid dienone is 1. The van der Waals surface area contributed by atoms with Gasteiger partial charge in [-0.05, 0) is 38.0 Å². The average molecular weight is 167 g/mol. The number of hydrogen-bond donors (Lipinski definition) is 1. The molecule has 1 rings (SSSR count). The van der Waals surface area contributed by atoms with Crippen LogP contribution in [0.4, 0.5) is 0 Å². The van der Waals surface area contributed by atoms with Crippen molar-refractivity contribution in [3.63, 3.8) is 0 Å². The monoisotopic (exact) mass is 167 g/mol. The summed E-state index contributed by atoms with van der Waals surface area (Å²) in [6, 6.07) is 0. The first-order valence-electron chi connectivity index (χ1n) is 4.51. The SMILES string of the molecule is C=C(C)[C@@H]1CC[C@@H](C)/C(=N/O)C1. The van der Waals surface area contributed by atoms with E-state index in [2.05, 4.69) is 25.6 Å². The highest BCUT2D eigenvalue weighted by Gasteiger charge is 2.24. The van der Waals surface area contributed by atoms with Crippen LogP contribution in [0, 0.1) is 11.8 Å². The van der Waals surface area contributed by atoms with Gasteiger partial charge in [0, 0.05) is 0 Å². The lowest BCUT2D eigenvalue weighted by atomic mass is 9.79. The molecule has 0 spiro atoms. The van der Waals surface area contributed by atoms with E-state index < -0.39 is 0 Å². The normalized spacial score (nSPS) is 33.7. The Bertz CT molecular complexity index is 208. The van der Waals surface area contributed by atoms with E-state index in [0.29, 0.717) is 11.8 Å². The van der Waals surface area contributed by atoms with E-state index in [0.717, 1.165) is 18.6 Å². The molecule has 0 aromatic heterocycles. The summed E-state index contributed by atoms with van der Waals surface area (Å²) in [5, 5.41) is 12.1. The van der Waals surface area contributed by atoms with Gasteiger partial charge < -0.3 is 5.21 Å². The van der Waals surface area contributed by atoms with Crippen LogP contribution in [0.15, 0.2) is 17.3 Å². The molecule has 0 heterocycles. The van der Waals surface area contributed by atoms with Gasteiger partial charge in [-0.3, -0.25) is 0 Å². The Hall–Kier alpha value is -0.790. The Balaban J connectivity index is 2.62. The molecular formula is C10H17NO. The molecule has 0 aliphatic heterocycles. The molecule has 1 N–H and O–H groups in total. The van der Waals surface area contributed by atoms with Crippen LogP contribution in [0.5, 0.6) is 0 Å². The molecule has 0 radical (unpaired) electrons. The predicted octanol–water partition coefficient (Wildman–Crippen LogP) is 2.83. The van der Waals surface area contributed by atoms with E-state index in [9.17, 15) is 0 Å². The van der Waals surface area contributed by atoms with Gasteiger partial charge in [0.1, 0.15) is 0 Å². The van der Waals surface area contributed by atoms with Gasteiger partial charge in [0.25, 0.3) is 0 Å². The highest BCUT2D eigenvalue weighted by atomic mass is 16.4. The van der Waals surface area contributed by atoms with Crippen LogP contribution < -0.4 is 0 Å². The van der Waals surface area contributed by atoms with Crippen LogP contribution in [0.2, 0.25) is 0 Å². The number of oxime groups is 1. The van der Waals surface area contributed by atoms with Crippen molar-refractivity contribution < 1.29 is 5.21 Å². The van der Waals surface area contributed by atoms with Crippen LogP contribution >= 0.6 is 0 Å². The molecule has 0 amide bonds. The number of nitrogens with zero attached hydrogens (tertiary/aromatic N) is 1. The largest absolute Gasteiger partial charge is 0.411 e. The average Bonchev–Trinajstić information content (AvgIpc) is 2.05. The van der Waals surface area contributed by atoms with Crippen LogP contribution in [0.3, 0.4) is 0 Å². The van der Waals surface area contributed by atoms with Gasteiger partial charge >= 0.3 is 0 Å². The van der Waals surface area contributed by atoms with Gasteiger partial charge in [0.05, 0.1) is 5.71 Å². The van der Waals surface area contributed by atoms with E-state index in [-0.39, 0.29) is 0 Å². The fourth-order valence-corrected chi connectivity index (χ4v) is 1.73. The van der Waals surface area contributed by atoms with Crippen molar-refractivity contribution in [1.82, 2.24) is 0 Å².